The van der Waals surface area contributed by atoms with Gasteiger partial charge < -0.3 is 5.11 Å². The first-order valence-corrected chi connectivity index (χ1v) is 10.6. The average molecular weight is 465 g/mol. The van der Waals surface area contributed by atoms with Gasteiger partial charge >= 0.3 is 5.97 Å². The Balaban J connectivity index is 2.35. The minimum atomic E-state index is -3.68. The molecule has 1 aromatic heterocycles. The third-order valence-electron chi connectivity index (χ3n) is 2.80. The lowest BCUT2D eigenvalue weighted by Gasteiger charge is -2.33. The van der Waals surface area contributed by atoms with Crippen molar-refractivity contribution in [3.05, 3.63) is 13.6 Å². The second-order valence-electron chi connectivity index (χ2n) is 4.13. The van der Waals surface area contributed by atoms with Crippen molar-refractivity contribution in [2.75, 3.05) is 18.1 Å². The predicted octanol–water partition coefficient (Wildman–Crippen LogP) is 2.85. The van der Waals surface area contributed by atoms with Crippen molar-refractivity contribution in [2.24, 2.45) is 0 Å². The molecule has 0 bridgehead atoms. The van der Waals surface area contributed by atoms with Crippen LogP contribution in [-0.2, 0) is 14.8 Å². The summed E-state index contributed by atoms with van der Waals surface area (Å²) < 4.78 is 27.9. The van der Waals surface area contributed by atoms with Gasteiger partial charge in [0.25, 0.3) is 0 Å². The summed E-state index contributed by atoms with van der Waals surface area (Å²) in [4.78, 5) is 11.1. The molecule has 0 saturated carbocycles. The molecule has 1 unspecified atom stereocenters. The Morgan fingerprint density at radius 3 is 2.75 bits per heavy atom. The minimum Gasteiger partial charge on any atom is -0.481 e. The maximum absolute atomic E-state index is 12.7. The molecular weight excluding hydrogens is 454 g/mol. The Morgan fingerprint density at radius 1 is 1.50 bits per heavy atom. The van der Waals surface area contributed by atoms with Gasteiger partial charge in [-0.15, -0.1) is 11.3 Å². The van der Waals surface area contributed by atoms with Crippen molar-refractivity contribution >= 4 is 71.0 Å². The predicted molar refractivity (Wildman–Crippen MR) is 87.0 cm³/mol. The number of carboxylic acid groups (broad SMARTS) is 1. The molecule has 0 aromatic carbocycles. The molecule has 1 fully saturated rings. The van der Waals surface area contributed by atoms with Gasteiger partial charge in [0.15, 0.2) is 0 Å². The van der Waals surface area contributed by atoms with Crippen LogP contribution in [0.3, 0.4) is 0 Å². The third kappa shape index (κ3) is 3.58. The van der Waals surface area contributed by atoms with Gasteiger partial charge in [-0.3, -0.25) is 4.79 Å². The van der Waals surface area contributed by atoms with Crippen molar-refractivity contribution in [1.82, 2.24) is 4.31 Å². The number of nitrogens with zero attached hydrogens (tertiary/aromatic N) is 1. The number of carbonyl (C=O) groups is 1. The highest BCUT2D eigenvalue weighted by atomic mass is 79.9. The van der Waals surface area contributed by atoms with E-state index < -0.39 is 22.0 Å². The second kappa shape index (κ2) is 6.66. The molecule has 112 valence electrons. The largest absolute Gasteiger partial charge is 0.481 e. The Bertz CT molecular complexity index is 616. The summed E-state index contributed by atoms with van der Waals surface area (Å²) >= 11 is 9.38. The Morgan fingerprint density at radius 2 is 2.20 bits per heavy atom. The van der Waals surface area contributed by atoms with Crippen LogP contribution in [0.25, 0.3) is 0 Å². The van der Waals surface area contributed by atoms with Gasteiger partial charge in [0.2, 0.25) is 10.0 Å². The fourth-order valence-electron chi connectivity index (χ4n) is 1.95. The Hall–Kier alpha value is 0.390. The number of halogens is 2. The highest BCUT2D eigenvalue weighted by Gasteiger charge is 2.36. The van der Waals surface area contributed by atoms with E-state index in [9.17, 15) is 13.2 Å². The fraction of sp³-hybridized carbons (Fsp3) is 0.500. The lowest BCUT2D eigenvalue weighted by Crippen LogP contribution is -2.46. The number of thioether (sulfide) groups is 1. The van der Waals surface area contributed by atoms with Crippen LogP contribution < -0.4 is 0 Å². The molecule has 2 heterocycles. The Labute approximate surface area is 142 Å². The topological polar surface area (TPSA) is 74.7 Å². The molecule has 0 spiro atoms. The van der Waals surface area contributed by atoms with Crippen LogP contribution in [-0.4, -0.2) is 47.9 Å². The van der Waals surface area contributed by atoms with Crippen LogP contribution in [0.1, 0.15) is 6.42 Å². The van der Waals surface area contributed by atoms with Crippen LogP contribution in [0.5, 0.6) is 0 Å². The summed E-state index contributed by atoms with van der Waals surface area (Å²) in [6.45, 7) is 0.338. The summed E-state index contributed by atoms with van der Waals surface area (Å²) in [5.41, 5.74) is 0. The number of carboxylic acids is 1. The van der Waals surface area contributed by atoms with Gasteiger partial charge in [0.05, 0.1) is 14.0 Å². The number of aliphatic carboxylic acids is 1. The molecular formula is C10H11Br2NO4S3. The van der Waals surface area contributed by atoms with E-state index in [0.29, 0.717) is 25.6 Å². The molecule has 20 heavy (non-hydrogen) atoms. The summed E-state index contributed by atoms with van der Waals surface area (Å²) in [7, 11) is -3.68. The number of thiophene rings is 1. The first-order chi connectivity index (χ1) is 9.32. The molecule has 0 aliphatic carbocycles. The lowest BCUT2D eigenvalue weighted by atomic mass is 10.2. The van der Waals surface area contributed by atoms with E-state index in [0.717, 1.165) is 0 Å². The zero-order valence-corrected chi connectivity index (χ0v) is 15.7. The van der Waals surface area contributed by atoms with E-state index in [4.69, 9.17) is 5.11 Å². The molecule has 2 rings (SSSR count). The molecule has 10 heteroatoms. The molecule has 0 amide bonds. The van der Waals surface area contributed by atoms with Crippen molar-refractivity contribution < 1.29 is 18.3 Å². The molecule has 5 nitrogen and oxygen atoms in total. The number of sulfonamides is 1. The van der Waals surface area contributed by atoms with Crippen LogP contribution >= 0.6 is 55.0 Å². The quantitative estimate of drug-likeness (QED) is 0.741. The van der Waals surface area contributed by atoms with Gasteiger partial charge in [0, 0.05) is 24.1 Å². The highest BCUT2D eigenvalue weighted by molar-refractivity contribution is 9.12. The molecule has 1 N–H and O–H groups in total. The van der Waals surface area contributed by atoms with E-state index >= 15 is 0 Å². The van der Waals surface area contributed by atoms with Crippen LogP contribution in [0.4, 0.5) is 0 Å². The highest BCUT2D eigenvalue weighted by Crippen LogP contribution is 2.37. The van der Waals surface area contributed by atoms with E-state index in [-0.39, 0.29) is 11.3 Å². The van der Waals surface area contributed by atoms with Gasteiger partial charge in [-0.05, 0) is 37.9 Å². The monoisotopic (exact) mass is 463 g/mol. The molecule has 1 aliphatic rings. The number of hydrogen-bond donors (Lipinski definition) is 1. The van der Waals surface area contributed by atoms with Crippen molar-refractivity contribution in [3.8, 4) is 0 Å². The van der Waals surface area contributed by atoms with Crippen molar-refractivity contribution in [2.45, 2.75) is 17.4 Å². The third-order valence-corrected chi connectivity index (χ3v) is 8.59. The first-order valence-electron chi connectivity index (χ1n) is 5.58. The normalized spacial score (nSPS) is 21.0. The second-order valence-corrected chi connectivity index (χ2v) is 10.9. The maximum Gasteiger partial charge on any atom is 0.305 e. The van der Waals surface area contributed by atoms with Crippen molar-refractivity contribution in [1.29, 1.82) is 0 Å². The minimum absolute atomic E-state index is 0.171. The van der Waals surface area contributed by atoms with Crippen LogP contribution in [0.15, 0.2) is 18.5 Å². The zero-order chi connectivity index (χ0) is 14.9. The summed E-state index contributed by atoms with van der Waals surface area (Å²) in [5, 5.41) is 8.93. The zero-order valence-electron chi connectivity index (χ0n) is 10.1. The molecule has 1 aliphatic heterocycles. The lowest BCUT2D eigenvalue weighted by molar-refractivity contribution is -0.137. The molecule has 1 saturated heterocycles. The first kappa shape index (κ1) is 16.8. The summed E-state index contributed by atoms with van der Waals surface area (Å²) in [6.07, 6.45) is -0.171. The van der Waals surface area contributed by atoms with E-state index in [1.807, 2.05) is 0 Å². The molecule has 1 atom stereocenters. The van der Waals surface area contributed by atoms with Gasteiger partial charge in [-0.2, -0.15) is 16.1 Å². The fourth-order valence-corrected chi connectivity index (χ4v) is 8.61. The van der Waals surface area contributed by atoms with Gasteiger partial charge in [-0.25, -0.2) is 8.42 Å². The van der Waals surface area contributed by atoms with Crippen LogP contribution in [0, 0.1) is 0 Å². The van der Waals surface area contributed by atoms with E-state index in [1.54, 1.807) is 17.8 Å². The SMILES string of the molecule is O=C(O)CC1CSCCN1S(=O)(=O)c1cc(Br)sc1Br. The molecule has 1 aromatic rings. The Kier molecular flexibility index (Phi) is 5.58. The van der Waals surface area contributed by atoms with Gasteiger partial charge in [-0.1, -0.05) is 0 Å². The molecule has 0 radical (unpaired) electrons. The average Bonchev–Trinajstić information content (AvgIpc) is 2.69. The van der Waals surface area contributed by atoms with Crippen LogP contribution in [0.2, 0.25) is 0 Å². The van der Waals surface area contributed by atoms with Crippen molar-refractivity contribution in [3.63, 3.8) is 0 Å². The smallest absolute Gasteiger partial charge is 0.305 e. The van der Waals surface area contributed by atoms with E-state index in [1.165, 1.54) is 15.6 Å². The number of rotatable bonds is 4. The standard InChI is InChI=1S/C10H11Br2NO4S3/c11-8-4-7(10(12)19-8)20(16,17)13-1-2-18-5-6(13)3-9(14)15/h4,6H,1-3,5H2,(H,14,15). The number of hydrogen-bond acceptors (Lipinski definition) is 5. The van der Waals surface area contributed by atoms with E-state index in [2.05, 4.69) is 31.9 Å². The van der Waals surface area contributed by atoms with Gasteiger partial charge in [0.1, 0.15) is 4.90 Å². The maximum atomic E-state index is 12.7. The summed E-state index contributed by atoms with van der Waals surface area (Å²) in [6, 6.07) is 1.05. The summed E-state index contributed by atoms with van der Waals surface area (Å²) in [5.74, 6) is 0.204.